The predicted molar refractivity (Wildman–Crippen MR) is 98.7 cm³/mol. The number of fused-ring (bicyclic) bond motifs is 1. The number of para-hydroxylation sites is 2. The summed E-state index contributed by atoms with van der Waals surface area (Å²) in [6.07, 6.45) is 1.46. The van der Waals surface area contributed by atoms with E-state index in [0.29, 0.717) is 30.2 Å². The highest BCUT2D eigenvalue weighted by Gasteiger charge is 2.31. The van der Waals surface area contributed by atoms with Crippen molar-refractivity contribution in [2.75, 3.05) is 31.7 Å². The first-order valence-electron chi connectivity index (χ1n) is 8.40. The number of ether oxygens (including phenoxy) is 2. The van der Waals surface area contributed by atoms with Crippen LogP contribution >= 0.6 is 0 Å². The summed E-state index contributed by atoms with van der Waals surface area (Å²) in [5, 5.41) is 2.69. The van der Waals surface area contributed by atoms with Crippen LogP contribution in [0.3, 0.4) is 0 Å². The number of hydrogen-bond acceptors (Lipinski definition) is 4. The van der Waals surface area contributed by atoms with Crippen LogP contribution in [0.25, 0.3) is 6.08 Å². The Balaban J connectivity index is 1.87. The second-order valence-electron chi connectivity index (χ2n) is 5.87. The Morgan fingerprint density at radius 1 is 1.26 bits per heavy atom. The highest BCUT2D eigenvalue weighted by molar-refractivity contribution is 6.12. The Hall–Kier alpha value is -3.19. The second kappa shape index (κ2) is 8.46. The van der Waals surface area contributed by atoms with Crippen molar-refractivity contribution in [3.63, 3.8) is 0 Å². The molecule has 1 heterocycles. The molecule has 1 N–H and O–H groups in total. The lowest BCUT2D eigenvalue weighted by Gasteiger charge is -2.30. The lowest BCUT2D eigenvalue weighted by Crippen LogP contribution is -2.44. The maximum Gasteiger partial charge on any atom is 0.294 e. The number of rotatable bonds is 6. The van der Waals surface area contributed by atoms with E-state index in [1.165, 1.54) is 30.2 Å². The fourth-order valence-electron chi connectivity index (χ4n) is 2.66. The lowest BCUT2D eigenvalue weighted by molar-refractivity contribution is -0.123. The van der Waals surface area contributed by atoms with Gasteiger partial charge in [-0.25, -0.2) is 4.39 Å². The van der Waals surface area contributed by atoms with E-state index in [0.717, 1.165) is 0 Å². The van der Waals surface area contributed by atoms with Crippen LogP contribution in [0.2, 0.25) is 0 Å². The number of nitrogens with one attached hydrogen (secondary N) is 1. The average molecular weight is 370 g/mol. The molecule has 3 rings (SSSR count). The monoisotopic (exact) mass is 370 g/mol. The molecule has 0 fully saturated rings. The highest BCUT2D eigenvalue weighted by atomic mass is 19.1. The van der Waals surface area contributed by atoms with Crippen LogP contribution in [-0.2, 0) is 14.3 Å². The summed E-state index contributed by atoms with van der Waals surface area (Å²) in [4.78, 5) is 26.4. The van der Waals surface area contributed by atoms with Gasteiger partial charge in [-0.05, 0) is 35.9 Å². The molecule has 0 aromatic heterocycles. The van der Waals surface area contributed by atoms with Crippen molar-refractivity contribution >= 4 is 23.6 Å². The molecule has 2 amide bonds. The third-order valence-corrected chi connectivity index (χ3v) is 3.91. The van der Waals surface area contributed by atoms with Gasteiger partial charge in [0.1, 0.15) is 12.4 Å². The van der Waals surface area contributed by atoms with E-state index < -0.39 is 11.7 Å². The molecule has 0 bridgehead atoms. The zero-order valence-corrected chi connectivity index (χ0v) is 14.8. The van der Waals surface area contributed by atoms with Gasteiger partial charge >= 0.3 is 0 Å². The van der Waals surface area contributed by atoms with Crippen molar-refractivity contribution in [2.45, 2.75) is 0 Å². The molecule has 27 heavy (non-hydrogen) atoms. The predicted octanol–water partition coefficient (Wildman–Crippen LogP) is 2.35. The normalized spacial score (nSPS) is 14.7. The Kier molecular flexibility index (Phi) is 5.83. The Morgan fingerprint density at radius 3 is 2.85 bits per heavy atom. The first-order chi connectivity index (χ1) is 13.1. The summed E-state index contributed by atoms with van der Waals surface area (Å²) in [6, 6.07) is 12.8. The van der Waals surface area contributed by atoms with Crippen LogP contribution in [0.15, 0.2) is 54.3 Å². The summed E-state index contributed by atoms with van der Waals surface area (Å²) < 4.78 is 24.0. The topological polar surface area (TPSA) is 67.9 Å². The molecule has 1 aliphatic heterocycles. The van der Waals surface area contributed by atoms with Crippen LogP contribution in [0.5, 0.6) is 5.75 Å². The smallest absolute Gasteiger partial charge is 0.294 e. The van der Waals surface area contributed by atoms with Crippen molar-refractivity contribution in [3.05, 3.63) is 65.7 Å². The van der Waals surface area contributed by atoms with Gasteiger partial charge in [-0.1, -0.05) is 24.3 Å². The maximum absolute atomic E-state index is 13.4. The van der Waals surface area contributed by atoms with Crippen LogP contribution < -0.4 is 15.0 Å². The molecular weight excluding hydrogens is 351 g/mol. The minimum absolute atomic E-state index is 0.0176. The third kappa shape index (κ3) is 4.51. The zero-order chi connectivity index (χ0) is 19.2. The van der Waals surface area contributed by atoms with E-state index in [4.69, 9.17) is 9.47 Å². The fourth-order valence-corrected chi connectivity index (χ4v) is 2.66. The van der Waals surface area contributed by atoms with Crippen LogP contribution in [-0.4, -0.2) is 38.6 Å². The van der Waals surface area contributed by atoms with E-state index in [2.05, 4.69) is 5.32 Å². The van der Waals surface area contributed by atoms with Crippen LogP contribution in [0.1, 0.15) is 5.56 Å². The SMILES string of the molecule is COCCNC(=O)CN1C(=O)/C(=C\c2cccc(F)c2)Oc2ccccc21. The summed E-state index contributed by atoms with van der Waals surface area (Å²) in [5.74, 6) is -0.738. The van der Waals surface area contributed by atoms with Crippen LogP contribution in [0.4, 0.5) is 10.1 Å². The molecule has 6 nitrogen and oxygen atoms in total. The van der Waals surface area contributed by atoms with Gasteiger partial charge in [0.15, 0.2) is 11.5 Å². The van der Waals surface area contributed by atoms with Gasteiger partial charge in [0, 0.05) is 13.7 Å². The highest BCUT2D eigenvalue weighted by Crippen LogP contribution is 2.35. The molecule has 0 saturated carbocycles. The molecular formula is C20H19FN2O4. The van der Waals surface area contributed by atoms with Gasteiger partial charge < -0.3 is 14.8 Å². The number of carbonyl (C=O) groups is 2. The Bertz CT molecular complexity index is 882. The van der Waals surface area contributed by atoms with E-state index in [-0.39, 0.29) is 18.2 Å². The minimum Gasteiger partial charge on any atom is -0.449 e. The molecule has 1 aliphatic rings. The molecule has 0 spiro atoms. The number of amides is 2. The molecule has 2 aromatic carbocycles. The first kappa shape index (κ1) is 18.6. The molecule has 140 valence electrons. The number of anilines is 1. The quantitative estimate of drug-likeness (QED) is 0.626. The summed E-state index contributed by atoms with van der Waals surface area (Å²) in [7, 11) is 1.54. The van der Waals surface area contributed by atoms with Crippen molar-refractivity contribution in [3.8, 4) is 5.75 Å². The fraction of sp³-hybridized carbons (Fsp3) is 0.200. The van der Waals surface area contributed by atoms with Gasteiger partial charge in [0.2, 0.25) is 5.91 Å². The van der Waals surface area contributed by atoms with Gasteiger partial charge in [0.25, 0.3) is 5.91 Å². The van der Waals surface area contributed by atoms with Gasteiger partial charge in [-0.2, -0.15) is 0 Å². The van der Waals surface area contributed by atoms with Gasteiger partial charge in [-0.15, -0.1) is 0 Å². The van der Waals surface area contributed by atoms with Crippen molar-refractivity contribution in [1.29, 1.82) is 0 Å². The van der Waals surface area contributed by atoms with E-state index in [1.54, 1.807) is 36.4 Å². The van der Waals surface area contributed by atoms with Crippen molar-refractivity contribution < 1.29 is 23.5 Å². The second-order valence-corrected chi connectivity index (χ2v) is 5.87. The largest absolute Gasteiger partial charge is 0.449 e. The molecule has 0 unspecified atom stereocenters. The number of methoxy groups -OCH3 is 1. The molecule has 0 aliphatic carbocycles. The number of halogens is 1. The van der Waals surface area contributed by atoms with E-state index in [1.807, 2.05) is 0 Å². The minimum atomic E-state index is -0.472. The standard InChI is InChI=1S/C20H19FN2O4/c1-26-10-9-22-19(24)13-23-16-7-2-3-8-17(16)27-18(20(23)25)12-14-5-4-6-15(21)11-14/h2-8,11-12H,9-10,13H2,1H3,(H,22,24)/b18-12+. The van der Waals surface area contributed by atoms with Gasteiger partial charge in [0.05, 0.1) is 12.3 Å². The number of hydrogen-bond donors (Lipinski definition) is 1. The lowest BCUT2D eigenvalue weighted by atomic mass is 10.1. The van der Waals surface area contributed by atoms with Crippen LogP contribution in [0, 0.1) is 5.82 Å². The Morgan fingerprint density at radius 2 is 2.07 bits per heavy atom. The summed E-state index contributed by atoms with van der Waals surface area (Å²) in [5.41, 5.74) is 0.989. The molecule has 0 atom stereocenters. The number of benzene rings is 2. The van der Waals surface area contributed by atoms with Crippen molar-refractivity contribution in [1.82, 2.24) is 5.32 Å². The first-order valence-corrected chi connectivity index (χ1v) is 8.40. The number of nitrogens with zero attached hydrogens (tertiary/aromatic N) is 1. The maximum atomic E-state index is 13.4. The number of carbonyl (C=O) groups excluding carboxylic acids is 2. The van der Waals surface area contributed by atoms with Gasteiger partial charge in [-0.3, -0.25) is 14.5 Å². The Labute approximate surface area is 156 Å². The summed E-state index contributed by atoms with van der Waals surface area (Å²) >= 11 is 0. The molecule has 7 heteroatoms. The zero-order valence-electron chi connectivity index (χ0n) is 14.8. The van der Waals surface area contributed by atoms with E-state index in [9.17, 15) is 14.0 Å². The third-order valence-electron chi connectivity index (χ3n) is 3.91. The van der Waals surface area contributed by atoms with Crippen molar-refractivity contribution in [2.24, 2.45) is 0 Å². The average Bonchev–Trinajstić information content (AvgIpc) is 2.65. The molecule has 0 saturated heterocycles. The van der Waals surface area contributed by atoms with E-state index >= 15 is 0 Å². The molecule has 2 aromatic rings. The molecule has 0 radical (unpaired) electrons. The summed E-state index contributed by atoms with van der Waals surface area (Å²) in [6.45, 7) is 0.565.